The van der Waals surface area contributed by atoms with E-state index in [2.05, 4.69) is 26.1 Å². The van der Waals surface area contributed by atoms with Crippen molar-refractivity contribution in [1.82, 2.24) is 5.32 Å². The molecule has 1 amide bonds. The third kappa shape index (κ3) is 5.97. The summed E-state index contributed by atoms with van der Waals surface area (Å²) in [6, 6.07) is 0. The topological polar surface area (TPSA) is 49.3 Å². The lowest BCUT2D eigenvalue weighted by molar-refractivity contribution is -0.122. The second-order valence-corrected chi connectivity index (χ2v) is 4.04. The molecule has 1 unspecified atom stereocenters. The molecule has 1 atom stereocenters. The number of amides is 1. The van der Waals surface area contributed by atoms with Gasteiger partial charge in [0.05, 0.1) is 0 Å². The standard InChI is InChI=1S/C11H23NO2/c1-4-10(9(2)3)8-11(14)12-6-5-7-13/h9-10,13H,4-8H2,1-3H3,(H,12,14). The molecule has 0 aliphatic carbocycles. The molecule has 2 N–H and O–H groups in total. The summed E-state index contributed by atoms with van der Waals surface area (Å²) in [6.07, 6.45) is 2.30. The van der Waals surface area contributed by atoms with Crippen LogP contribution in [0.4, 0.5) is 0 Å². The van der Waals surface area contributed by atoms with Crippen LogP contribution in [-0.4, -0.2) is 24.2 Å². The van der Waals surface area contributed by atoms with Crippen LogP contribution < -0.4 is 5.32 Å². The molecule has 0 rings (SSSR count). The van der Waals surface area contributed by atoms with Gasteiger partial charge in [-0.25, -0.2) is 0 Å². The highest BCUT2D eigenvalue weighted by Crippen LogP contribution is 2.18. The number of hydrogen-bond acceptors (Lipinski definition) is 2. The molecule has 0 saturated carbocycles. The van der Waals surface area contributed by atoms with Gasteiger partial charge in [-0.1, -0.05) is 27.2 Å². The van der Waals surface area contributed by atoms with Crippen molar-refractivity contribution in [3.05, 3.63) is 0 Å². The minimum Gasteiger partial charge on any atom is -0.396 e. The minimum absolute atomic E-state index is 0.110. The van der Waals surface area contributed by atoms with E-state index in [1.807, 2.05) is 0 Å². The summed E-state index contributed by atoms with van der Waals surface area (Å²) in [5, 5.41) is 11.3. The van der Waals surface area contributed by atoms with Gasteiger partial charge in [-0.05, 0) is 18.3 Å². The monoisotopic (exact) mass is 201 g/mol. The molecule has 84 valence electrons. The second-order valence-electron chi connectivity index (χ2n) is 4.04. The van der Waals surface area contributed by atoms with Gasteiger partial charge in [0.25, 0.3) is 0 Å². The molecule has 0 aromatic carbocycles. The van der Waals surface area contributed by atoms with Gasteiger partial charge in [0, 0.05) is 19.6 Å². The van der Waals surface area contributed by atoms with Crippen molar-refractivity contribution in [3.8, 4) is 0 Å². The molecular weight excluding hydrogens is 178 g/mol. The fraction of sp³-hybridized carbons (Fsp3) is 0.909. The number of hydrogen-bond donors (Lipinski definition) is 2. The minimum atomic E-state index is 0.110. The summed E-state index contributed by atoms with van der Waals surface area (Å²) in [5.41, 5.74) is 0. The smallest absolute Gasteiger partial charge is 0.220 e. The van der Waals surface area contributed by atoms with Gasteiger partial charge >= 0.3 is 0 Å². The van der Waals surface area contributed by atoms with Crippen LogP contribution in [0.5, 0.6) is 0 Å². The van der Waals surface area contributed by atoms with Crippen molar-refractivity contribution in [2.75, 3.05) is 13.2 Å². The summed E-state index contributed by atoms with van der Waals surface area (Å²) < 4.78 is 0. The zero-order valence-corrected chi connectivity index (χ0v) is 9.55. The lowest BCUT2D eigenvalue weighted by Gasteiger charge is -2.18. The van der Waals surface area contributed by atoms with Gasteiger partial charge < -0.3 is 10.4 Å². The van der Waals surface area contributed by atoms with Crippen LogP contribution in [0, 0.1) is 11.8 Å². The van der Waals surface area contributed by atoms with Gasteiger partial charge in [-0.3, -0.25) is 4.79 Å². The van der Waals surface area contributed by atoms with Crippen LogP contribution >= 0.6 is 0 Å². The first-order valence-electron chi connectivity index (χ1n) is 5.49. The lowest BCUT2D eigenvalue weighted by atomic mass is 9.90. The van der Waals surface area contributed by atoms with E-state index in [0.717, 1.165) is 6.42 Å². The highest BCUT2D eigenvalue weighted by molar-refractivity contribution is 5.76. The Hall–Kier alpha value is -0.570. The van der Waals surface area contributed by atoms with Crippen molar-refractivity contribution < 1.29 is 9.90 Å². The first kappa shape index (κ1) is 13.4. The number of carbonyl (C=O) groups excluding carboxylic acids is 1. The predicted octanol–water partition coefficient (Wildman–Crippen LogP) is 1.56. The van der Waals surface area contributed by atoms with Crippen molar-refractivity contribution >= 4 is 5.91 Å². The van der Waals surface area contributed by atoms with Crippen molar-refractivity contribution in [2.45, 2.75) is 40.0 Å². The Kier molecular flexibility index (Phi) is 7.48. The molecule has 14 heavy (non-hydrogen) atoms. The molecule has 3 heteroatoms. The van der Waals surface area contributed by atoms with E-state index in [1.54, 1.807) is 0 Å². The van der Waals surface area contributed by atoms with E-state index < -0.39 is 0 Å². The summed E-state index contributed by atoms with van der Waals surface area (Å²) in [5.74, 6) is 1.15. The average molecular weight is 201 g/mol. The molecule has 0 aliphatic heterocycles. The fourth-order valence-electron chi connectivity index (χ4n) is 1.47. The van der Waals surface area contributed by atoms with Crippen LogP contribution in [0.25, 0.3) is 0 Å². The van der Waals surface area contributed by atoms with Crippen molar-refractivity contribution in [1.29, 1.82) is 0 Å². The van der Waals surface area contributed by atoms with E-state index in [0.29, 0.717) is 31.2 Å². The van der Waals surface area contributed by atoms with Gasteiger partial charge in [-0.15, -0.1) is 0 Å². The van der Waals surface area contributed by atoms with E-state index in [4.69, 9.17) is 5.11 Å². The predicted molar refractivity (Wildman–Crippen MR) is 57.9 cm³/mol. The van der Waals surface area contributed by atoms with Crippen LogP contribution in [0.2, 0.25) is 0 Å². The van der Waals surface area contributed by atoms with E-state index in [1.165, 1.54) is 0 Å². The fourth-order valence-corrected chi connectivity index (χ4v) is 1.47. The molecule has 0 aromatic rings. The molecule has 0 bridgehead atoms. The molecular formula is C11H23NO2. The Morgan fingerprint density at radius 1 is 1.43 bits per heavy atom. The van der Waals surface area contributed by atoms with Gasteiger partial charge in [0.2, 0.25) is 5.91 Å². The Labute approximate surface area is 86.9 Å². The SMILES string of the molecule is CCC(CC(=O)NCCCO)C(C)C. The third-order valence-corrected chi connectivity index (χ3v) is 2.57. The zero-order chi connectivity index (χ0) is 11.0. The van der Waals surface area contributed by atoms with E-state index in [-0.39, 0.29) is 12.5 Å². The highest BCUT2D eigenvalue weighted by atomic mass is 16.3. The van der Waals surface area contributed by atoms with E-state index >= 15 is 0 Å². The Morgan fingerprint density at radius 3 is 2.50 bits per heavy atom. The average Bonchev–Trinajstić information content (AvgIpc) is 2.14. The second kappa shape index (κ2) is 7.80. The Balaban J connectivity index is 3.68. The normalized spacial score (nSPS) is 12.9. The lowest BCUT2D eigenvalue weighted by Crippen LogP contribution is -2.28. The summed E-state index contributed by atoms with van der Waals surface area (Å²) in [4.78, 5) is 11.4. The quantitative estimate of drug-likeness (QED) is 0.614. The summed E-state index contributed by atoms with van der Waals surface area (Å²) >= 11 is 0. The Bertz CT molecular complexity index is 157. The molecule has 0 spiro atoms. The number of nitrogens with one attached hydrogen (secondary N) is 1. The van der Waals surface area contributed by atoms with Gasteiger partial charge in [0.15, 0.2) is 0 Å². The zero-order valence-electron chi connectivity index (χ0n) is 9.55. The number of carbonyl (C=O) groups is 1. The van der Waals surface area contributed by atoms with Crippen LogP contribution in [0.15, 0.2) is 0 Å². The molecule has 0 aliphatic rings. The maximum Gasteiger partial charge on any atom is 0.220 e. The first-order valence-corrected chi connectivity index (χ1v) is 5.49. The van der Waals surface area contributed by atoms with Gasteiger partial charge in [-0.2, -0.15) is 0 Å². The van der Waals surface area contributed by atoms with Crippen LogP contribution in [0.3, 0.4) is 0 Å². The highest BCUT2D eigenvalue weighted by Gasteiger charge is 2.14. The maximum absolute atomic E-state index is 11.4. The summed E-state index contributed by atoms with van der Waals surface area (Å²) in [6.45, 7) is 7.14. The maximum atomic E-state index is 11.4. The largest absolute Gasteiger partial charge is 0.396 e. The molecule has 0 aromatic heterocycles. The molecule has 0 fully saturated rings. The number of rotatable bonds is 7. The molecule has 0 radical (unpaired) electrons. The van der Waals surface area contributed by atoms with Crippen LogP contribution in [-0.2, 0) is 4.79 Å². The molecule has 0 heterocycles. The van der Waals surface area contributed by atoms with Crippen molar-refractivity contribution in [3.63, 3.8) is 0 Å². The molecule has 0 saturated heterocycles. The van der Waals surface area contributed by atoms with Gasteiger partial charge in [0.1, 0.15) is 0 Å². The number of aliphatic hydroxyl groups is 1. The van der Waals surface area contributed by atoms with E-state index in [9.17, 15) is 4.79 Å². The molecule has 3 nitrogen and oxygen atoms in total. The number of aliphatic hydroxyl groups excluding tert-OH is 1. The van der Waals surface area contributed by atoms with Crippen LogP contribution in [0.1, 0.15) is 40.0 Å². The summed E-state index contributed by atoms with van der Waals surface area (Å²) in [7, 11) is 0. The third-order valence-electron chi connectivity index (χ3n) is 2.57. The first-order chi connectivity index (χ1) is 6.61. The Morgan fingerprint density at radius 2 is 2.07 bits per heavy atom. The van der Waals surface area contributed by atoms with Crippen molar-refractivity contribution in [2.24, 2.45) is 11.8 Å².